The van der Waals surface area contributed by atoms with E-state index in [1.807, 2.05) is 0 Å². The predicted octanol–water partition coefficient (Wildman–Crippen LogP) is 3.26. The maximum atomic E-state index is 13.2. The highest BCUT2D eigenvalue weighted by atomic mass is 32.1. The molecular formula is C13H10F3N3O2S. The molecule has 3 rings (SSSR count). The first-order valence-electron chi connectivity index (χ1n) is 6.35. The summed E-state index contributed by atoms with van der Waals surface area (Å²) in [4.78, 5) is 20.4. The van der Waals surface area contributed by atoms with Crippen molar-refractivity contribution in [3.63, 3.8) is 0 Å². The fourth-order valence-corrected chi connectivity index (χ4v) is 3.00. The lowest BCUT2D eigenvalue weighted by Gasteiger charge is -2.27. The molecule has 0 saturated heterocycles. The normalized spacial score (nSPS) is 14.8. The fraction of sp³-hybridized carbons (Fsp3) is 0.308. The Labute approximate surface area is 127 Å². The Morgan fingerprint density at radius 2 is 2.14 bits per heavy atom. The minimum atomic E-state index is -4.59. The molecule has 3 heterocycles. The van der Waals surface area contributed by atoms with Gasteiger partial charge >= 0.3 is 12.3 Å². The van der Waals surface area contributed by atoms with E-state index in [4.69, 9.17) is 5.11 Å². The maximum Gasteiger partial charge on any atom is 0.433 e. The summed E-state index contributed by atoms with van der Waals surface area (Å²) in [5.74, 6) is -0.0201. The van der Waals surface area contributed by atoms with Gasteiger partial charge in [0.25, 0.3) is 0 Å². The monoisotopic (exact) mass is 329 g/mol. The molecule has 0 aromatic carbocycles. The number of nitrogens with zero attached hydrogens (tertiary/aromatic N) is 3. The van der Waals surface area contributed by atoms with Gasteiger partial charge in [0.15, 0.2) is 11.5 Å². The molecule has 0 unspecified atom stereocenters. The maximum absolute atomic E-state index is 13.2. The van der Waals surface area contributed by atoms with Crippen LogP contribution in [0.2, 0.25) is 0 Å². The molecule has 0 saturated carbocycles. The van der Waals surface area contributed by atoms with E-state index in [9.17, 15) is 18.0 Å². The summed E-state index contributed by atoms with van der Waals surface area (Å²) < 4.78 is 39.7. The van der Waals surface area contributed by atoms with Crippen molar-refractivity contribution >= 4 is 17.4 Å². The van der Waals surface area contributed by atoms with Crippen molar-refractivity contribution in [2.45, 2.75) is 19.1 Å². The number of amides is 1. The molecule has 0 bridgehead atoms. The van der Waals surface area contributed by atoms with E-state index in [0.717, 1.165) is 4.90 Å². The van der Waals surface area contributed by atoms with Gasteiger partial charge in [-0.3, -0.25) is 0 Å². The quantitative estimate of drug-likeness (QED) is 0.872. The van der Waals surface area contributed by atoms with E-state index < -0.39 is 18.0 Å². The Morgan fingerprint density at radius 1 is 1.36 bits per heavy atom. The van der Waals surface area contributed by atoms with Crippen molar-refractivity contribution < 1.29 is 23.1 Å². The van der Waals surface area contributed by atoms with Crippen LogP contribution in [0.1, 0.15) is 17.0 Å². The third-order valence-electron chi connectivity index (χ3n) is 3.35. The lowest BCUT2D eigenvalue weighted by molar-refractivity contribution is -0.142. The van der Waals surface area contributed by atoms with Gasteiger partial charge < -0.3 is 10.0 Å². The van der Waals surface area contributed by atoms with Crippen molar-refractivity contribution in [2.75, 3.05) is 6.54 Å². The molecule has 2 aromatic rings. The van der Waals surface area contributed by atoms with Crippen LogP contribution in [-0.4, -0.2) is 32.6 Å². The van der Waals surface area contributed by atoms with Gasteiger partial charge in [0.2, 0.25) is 0 Å². The van der Waals surface area contributed by atoms with Gasteiger partial charge in [-0.05, 0) is 17.9 Å². The lowest BCUT2D eigenvalue weighted by Crippen LogP contribution is -2.36. The van der Waals surface area contributed by atoms with E-state index in [-0.39, 0.29) is 36.6 Å². The first kappa shape index (κ1) is 14.8. The zero-order valence-electron chi connectivity index (χ0n) is 11.1. The van der Waals surface area contributed by atoms with Gasteiger partial charge in [-0.1, -0.05) is 6.07 Å². The van der Waals surface area contributed by atoms with Crippen molar-refractivity contribution in [2.24, 2.45) is 0 Å². The van der Waals surface area contributed by atoms with E-state index in [1.165, 1.54) is 11.3 Å². The summed E-state index contributed by atoms with van der Waals surface area (Å²) in [5.41, 5.74) is -0.851. The van der Waals surface area contributed by atoms with Crippen LogP contribution in [0.4, 0.5) is 18.0 Å². The molecule has 0 fully saturated rings. The summed E-state index contributed by atoms with van der Waals surface area (Å²) in [7, 11) is 0. The number of aromatic nitrogens is 2. The first-order valence-corrected chi connectivity index (χ1v) is 7.23. The van der Waals surface area contributed by atoms with Crippen LogP contribution in [-0.2, 0) is 19.1 Å². The molecule has 0 spiro atoms. The largest absolute Gasteiger partial charge is 0.465 e. The molecule has 1 N–H and O–H groups in total. The number of alkyl halides is 3. The molecule has 116 valence electrons. The average Bonchev–Trinajstić information content (AvgIpc) is 2.98. The first-order chi connectivity index (χ1) is 10.4. The van der Waals surface area contributed by atoms with E-state index >= 15 is 0 Å². The van der Waals surface area contributed by atoms with E-state index in [0.29, 0.717) is 4.88 Å². The second kappa shape index (κ2) is 5.24. The number of thiophene rings is 1. The molecular weight excluding hydrogens is 319 g/mol. The molecule has 0 atom stereocenters. The Morgan fingerprint density at radius 3 is 2.73 bits per heavy atom. The van der Waals surface area contributed by atoms with Gasteiger partial charge in [0.05, 0.1) is 17.1 Å². The van der Waals surface area contributed by atoms with Gasteiger partial charge in [0, 0.05) is 12.1 Å². The molecule has 22 heavy (non-hydrogen) atoms. The molecule has 0 aliphatic carbocycles. The van der Waals surface area contributed by atoms with Crippen LogP contribution >= 0.6 is 11.3 Å². The van der Waals surface area contributed by atoms with Gasteiger partial charge in [-0.2, -0.15) is 13.2 Å². The zero-order chi connectivity index (χ0) is 15.9. The van der Waals surface area contributed by atoms with Crippen molar-refractivity contribution in [3.05, 3.63) is 34.5 Å². The Bertz CT molecular complexity index is 716. The standard InChI is InChI=1S/C13H10F3N3O2S/c14-13(15,16)10-7-3-4-19(12(20)21)6-8(7)17-11(18-10)9-2-1-5-22-9/h1-2,5H,3-4,6H2,(H,20,21). The Hall–Kier alpha value is -2.16. The summed E-state index contributed by atoms with van der Waals surface area (Å²) in [6, 6.07) is 3.32. The molecule has 1 aliphatic heterocycles. The highest BCUT2D eigenvalue weighted by molar-refractivity contribution is 7.13. The molecule has 9 heteroatoms. The third kappa shape index (κ3) is 2.63. The summed E-state index contributed by atoms with van der Waals surface area (Å²) in [6.45, 7) is -0.151. The number of carboxylic acid groups (broad SMARTS) is 1. The van der Waals surface area contributed by atoms with Crippen LogP contribution in [0, 0.1) is 0 Å². The minimum Gasteiger partial charge on any atom is -0.465 e. The second-order valence-electron chi connectivity index (χ2n) is 4.75. The van der Waals surface area contributed by atoms with Crippen LogP contribution in [0.3, 0.4) is 0 Å². The summed E-state index contributed by atoms with van der Waals surface area (Å²) >= 11 is 1.23. The second-order valence-corrected chi connectivity index (χ2v) is 5.70. The Kier molecular flexibility index (Phi) is 3.51. The number of carbonyl (C=O) groups is 1. The third-order valence-corrected chi connectivity index (χ3v) is 4.21. The molecule has 1 amide bonds. The predicted molar refractivity (Wildman–Crippen MR) is 72.5 cm³/mol. The van der Waals surface area contributed by atoms with Crippen LogP contribution in [0.5, 0.6) is 0 Å². The van der Waals surface area contributed by atoms with Crippen LogP contribution in [0.25, 0.3) is 10.7 Å². The average molecular weight is 329 g/mol. The van der Waals surface area contributed by atoms with Crippen molar-refractivity contribution in [1.82, 2.24) is 14.9 Å². The molecule has 5 nitrogen and oxygen atoms in total. The van der Waals surface area contributed by atoms with Crippen LogP contribution < -0.4 is 0 Å². The smallest absolute Gasteiger partial charge is 0.433 e. The lowest BCUT2D eigenvalue weighted by atomic mass is 10.0. The molecule has 2 aromatic heterocycles. The number of fused-ring (bicyclic) bond motifs is 1. The fourth-order valence-electron chi connectivity index (χ4n) is 2.34. The van der Waals surface area contributed by atoms with Gasteiger partial charge in [-0.15, -0.1) is 11.3 Å². The molecule has 0 radical (unpaired) electrons. The summed E-state index contributed by atoms with van der Waals surface area (Å²) in [5, 5.41) is 10.7. The molecule has 1 aliphatic rings. The minimum absolute atomic E-state index is 0.00707. The van der Waals surface area contributed by atoms with Crippen molar-refractivity contribution in [3.8, 4) is 10.7 Å². The summed E-state index contributed by atoms with van der Waals surface area (Å²) in [6.07, 6.45) is -5.80. The van der Waals surface area contributed by atoms with E-state index in [2.05, 4.69) is 9.97 Å². The SMILES string of the molecule is O=C(O)N1CCc2c(nc(-c3cccs3)nc2C(F)(F)F)C1. The number of hydrogen-bond acceptors (Lipinski definition) is 4. The van der Waals surface area contributed by atoms with Gasteiger partial charge in [0.1, 0.15) is 0 Å². The van der Waals surface area contributed by atoms with E-state index in [1.54, 1.807) is 17.5 Å². The van der Waals surface area contributed by atoms with Crippen LogP contribution in [0.15, 0.2) is 17.5 Å². The number of halogens is 3. The highest BCUT2D eigenvalue weighted by Crippen LogP contribution is 2.35. The number of rotatable bonds is 1. The zero-order valence-corrected chi connectivity index (χ0v) is 11.9. The van der Waals surface area contributed by atoms with Crippen molar-refractivity contribution in [1.29, 1.82) is 0 Å². The topological polar surface area (TPSA) is 66.3 Å². The van der Waals surface area contributed by atoms with Gasteiger partial charge in [-0.25, -0.2) is 14.8 Å². The number of hydrogen-bond donors (Lipinski definition) is 1. The Balaban J connectivity index is 2.14. The highest BCUT2D eigenvalue weighted by Gasteiger charge is 2.39.